The molecule has 100 valence electrons. The van der Waals surface area contributed by atoms with Crippen LogP contribution in [0.25, 0.3) is 10.9 Å². The van der Waals surface area contributed by atoms with Gasteiger partial charge in [-0.25, -0.2) is 0 Å². The number of halogens is 1. The first-order valence-electron chi connectivity index (χ1n) is 6.24. The number of nitrogens with one attached hydrogen (secondary N) is 1. The molecular formula is C16H13BrN2O. The predicted octanol–water partition coefficient (Wildman–Crippen LogP) is 4.05. The Balaban J connectivity index is 2.12. The van der Waals surface area contributed by atoms with Gasteiger partial charge in [0.05, 0.1) is 0 Å². The molecule has 2 aromatic carbocycles. The van der Waals surface area contributed by atoms with Crippen LogP contribution in [-0.2, 0) is 0 Å². The summed E-state index contributed by atoms with van der Waals surface area (Å²) in [7, 11) is 0. The van der Waals surface area contributed by atoms with Gasteiger partial charge in [-0.05, 0) is 53.2 Å². The zero-order valence-corrected chi connectivity index (χ0v) is 12.5. The smallest absolute Gasteiger partial charge is 0.195 e. The lowest BCUT2D eigenvalue weighted by Crippen LogP contribution is -2.01. The van der Waals surface area contributed by atoms with Crippen molar-refractivity contribution in [1.82, 2.24) is 4.98 Å². The van der Waals surface area contributed by atoms with E-state index in [9.17, 15) is 4.79 Å². The highest BCUT2D eigenvalue weighted by Crippen LogP contribution is 2.25. The number of aryl methyl sites for hydroxylation is 1. The molecular weight excluding hydrogens is 316 g/mol. The number of aromatic nitrogens is 1. The van der Waals surface area contributed by atoms with E-state index in [1.54, 1.807) is 24.4 Å². The molecule has 0 aliphatic rings. The normalized spacial score (nSPS) is 10.9. The van der Waals surface area contributed by atoms with Gasteiger partial charge in [-0.3, -0.25) is 4.79 Å². The number of nitrogens with two attached hydrogens (primary N) is 1. The van der Waals surface area contributed by atoms with Gasteiger partial charge in [-0.2, -0.15) is 0 Å². The van der Waals surface area contributed by atoms with Crippen molar-refractivity contribution in [2.75, 3.05) is 5.73 Å². The Labute approximate surface area is 124 Å². The monoisotopic (exact) mass is 328 g/mol. The lowest BCUT2D eigenvalue weighted by Gasteiger charge is -2.03. The van der Waals surface area contributed by atoms with Crippen molar-refractivity contribution in [2.45, 2.75) is 6.92 Å². The Morgan fingerprint density at radius 1 is 1.20 bits per heavy atom. The van der Waals surface area contributed by atoms with Crippen LogP contribution in [-0.4, -0.2) is 10.8 Å². The molecule has 3 nitrogen and oxygen atoms in total. The first-order chi connectivity index (χ1) is 9.56. The molecule has 0 saturated carbocycles. The van der Waals surface area contributed by atoms with Crippen LogP contribution in [0.3, 0.4) is 0 Å². The maximum absolute atomic E-state index is 12.6. The predicted molar refractivity (Wildman–Crippen MR) is 85.0 cm³/mol. The van der Waals surface area contributed by atoms with Gasteiger partial charge in [0.1, 0.15) is 0 Å². The van der Waals surface area contributed by atoms with Crippen molar-refractivity contribution in [1.29, 1.82) is 0 Å². The number of rotatable bonds is 2. The minimum absolute atomic E-state index is 0.0268. The Morgan fingerprint density at radius 3 is 2.75 bits per heavy atom. The summed E-state index contributed by atoms with van der Waals surface area (Å²) < 4.78 is 0.795. The summed E-state index contributed by atoms with van der Waals surface area (Å²) in [6, 6.07) is 11.3. The average molecular weight is 329 g/mol. The second-order valence-corrected chi connectivity index (χ2v) is 5.67. The fourth-order valence-corrected chi connectivity index (χ4v) is 2.51. The van der Waals surface area contributed by atoms with Crippen molar-refractivity contribution < 1.29 is 4.79 Å². The van der Waals surface area contributed by atoms with Crippen LogP contribution in [0.2, 0.25) is 0 Å². The molecule has 0 saturated heterocycles. The van der Waals surface area contributed by atoms with Gasteiger partial charge in [0.15, 0.2) is 5.78 Å². The fourth-order valence-electron chi connectivity index (χ4n) is 2.26. The highest BCUT2D eigenvalue weighted by atomic mass is 79.9. The van der Waals surface area contributed by atoms with Gasteiger partial charge < -0.3 is 10.7 Å². The van der Waals surface area contributed by atoms with Gasteiger partial charge >= 0.3 is 0 Å². The summed E-state index contributed by atoms with van der Waals surface area (Å²) in [5, 5.41) is 0.941. The van der Waals surface area contributed by atoms with Crippen molar-refractivity contribution in [2.24, 2.45) is 0 Å². The second kappa shape index (κ2) is 4.80. The number of ketones is 1. The number of hydrogen-bond donors (Lipinski definition) is 2. The van der Waals surface area contributed by atoms with Crippen LogP contribution in [0.4, 0.5) is 5.69 Å². The first kappa shape index (κ1) is 12.9. The zero-order chi connectivity index (χ0) is 14.3. The molecule has 0 fully saturated rings. The molecule has 3 aromatic rings. The summed E-state index contributed by atoms with van der Waals surface area (Å²) in [6.07, 6.45) is 1.75. The summed E-state index contributed by atoms with van der Waals surface area (Å²) >= 11 is 3.33. The standard InChI is InChI=1S/C16H13BrN2O/c1-9-2-5-15-11(6-9)12(8-19-15)16(20)10-3-4-13(17)14(18)7-10/h2-8,19H,18H2,1H3. The topological polar surface area (TPSA) is 58.9 Å². The lowest BCUT2D eigenvalue weighted by molar-refractivity contribution is 0.104. The van der Waals surface area contributed by atoms with E-state index in [0.717, 1.165) is 20.9 Å². The van der Waals surface area contributed by atoms with E-state index < -0.39 is 0 Å². The third-order valence-electron chi connectivity index (χ3n) is 3.34. The second-order valence-electron chi connectivity index (χ2n) is 4.82. The summed E-state index contributed by atoms with van der Waals surface area (Å²) in [5.41, 5.74) is 9.75. The molecule has 1 heterocycles. The molecule has 3 N–H and O–H groups in total. The van der Waals surface area contributed by atoms with Crippen molar-refractivity contribution in [3.05, 3.63) is 63.8 Å². The molecule has 0 aliphatic heterocycles. The number of anilines is 1. The lowest BCUT2D eigenvalue weighted by atomic mass is 10.0. The highest BCUT2D eigenvalue weighted by molar-refractivity contribution is 9.10. The third kappa shape index (κ3) is 2.12. The molecule has 0 spiro atoms. The van der Waals surface area contributed by atoms with Crippen LogP contribution in [0, 0.1) is 6.92 Å². The van der Waals surface area contributed by atoms with Crippen LogP contribution in [0.5, 0.6) is 0 Å². The van der Waals surface area contributed by atoms with Gasteiger partial charge in [-0.15, -0.1) is 0 Å². The Morgan fingerprint density at radius 2 is 2.00 bits per heavy atom. The number of carbonyl (C=O) groups is 1. The van der Waals surface area contributed by atoms with Crippen molar-refractivity contribution in [3.8, 4) is 0 Å². The van der Waals surface area contributed by atoms with Crippen LogP contribution >= 0.6 is 15.9 Å². The Kier molecular flexibility index (Phi) is 3.10. The van der Waals surface area contributed by atoms with E-state index in [1.807, 2.05) is 25.1 Å². The van der Waals surface area contributed by atoms with Gasteiger partial charge in [0.25, 0.3) is 0 Å². The largest absolute Gasteiger partial charge is 0.398 e. The number of fused-ring (bicyclic) bond motifs is 1. The summed E-state index contributed by atoms with van der Waals surface area (Å²) in [6.45, 7) is 2.01. The number of H-pyrrole nitrogens is 1. The molecule has 0 aliphatic carbocycles. The molecule has 4 heteroatoms. The number of nitrogen functional groups attached to an aromatic ring is 1. The minimum atomic E-state index is -0.0268. The molecule has 0 atom stereocenters. The van der Waals surface area contributed by atoms with Crippen LogP contribution in [0.1, 0.15) is 21.5 Å². The third-order valence-corrected chi connectivity index (χ3v) is 4.06. The molecule has 0 bridgehead atoms. The van der Waals surface area contributed by atoms with Crippen molar-refractivity contribution >= 4 is 38.3 Å². The van der Waals surface area contributed by atoms with Crippen molar-refractivity contribution in [3.63, 3.8) is 0 Å². The molecule has 1 aromatic heterocycles. The van der Waals surface area contributed by atoms with Gasteiger partial charge in [-0.1, -0.05) is 11.6 Å². The average Bonchev–Trinajstić information content (AvgIpc) is 2.84. The maximum Gasteiger partial charge on any atom is 0.195 e. The van der Waals surface area contributed by atoms with E-state index in [4.69, 9.17) is 5.73 Å². The highest BCUT2D eigenvalue weighted by Gasteiger charge is 2.15. The first-order valence-corrected chi connectivity index (χ1v) is 7.03. The fraction of sp³-hybridized carbons (Fsp3) is 0.0625. The van der Waals surface area contributed by atoms with E-state index >= 15 is 0 Å². The van der Waals surface area contributed by atoms with Crippen LogP contribution in [0.15, 0.2) is 47.1 Å². The quantitative estimate of drug-likeness (QED) is 0.550. The summed E-state index contributed by atoms with van der Waals surface area (Å²) in [5.74, 6) is -0.0268. The molecule has 0 unspecified atom stereocenters. The molecule has 20 heavy (non-hydrogen) atoms. The number of aromatic amines is 1. The van der Waals surface area contributed by atoms with E-state index in [-0.39, 0.29) is 5.78 Å². The van der Waals surface area contributed by atoms with Gasteiger partial charge in [0, 0.05) is 38.4 Å². The SMILES string of the molecule is Cc1ccc2[nH]cc(C(=O)c3ccc(Br)c(N)c3)c2c1. The number of hydrogen-bond acceptors (Lipinski definition) is 2. The number of benzene rings is 2. The summed E-state index contributed by atoms with van der Waals surface area (Å²) in [4.78, 5) is 15.7. The Bertz CT molecular complexity index is 820. The van der Waals surface area contributed by atoms with E-state index in [2.05, 4.69) is 20.9 Å². The van der Waals surface area contributed by atoms with E-state index in [1.165, 1.54) is 0 Å². The minimum Gasteiger partial charge on any atom is -0.398 e. The number of carbonyl (C=O) groups excluding carboxylic acids is 1. The van der Waals surface area contributed by atoms with Crippen LogP contribution < -0.4 is 5.73 Å². The maximum atomic E-state index is 12.6. The Hall–Kier alpha value is -2.07. The van der Waals surface area contributed by atoms with E-state index in [0.29, 0.717) is 16.8 Å². The van der Waals surface area contributed by atoms with Gasteiger partial charge in [0.2, 0.25) is 0 Å². The zero-order valence-electron chi connectivity index (χ0n) is 10.9. The molecule has 3 rings (SSSR count). The molecule has 0 amide bonds. The molecule has 0 radical (unpaired) electrons.